The number of fused-ring (bicyclic) bond motifs is 1. The Bertz CT molecular complexity index is 659. The van der Waals surface area contributed by atoms with E-state index in [9.17, 15) is 4.79 Å². The smallest absolute Gasteiger partial charge is 0.258 e. The lowest BCUT2D eigenvalue weighted by atomic mass is 10.1. The molecule has 120 valence electrons. The van der Waals surface area contributed by atoms with Gasteiger partial charge in [-0.25, -0.2) is 0 Å². The van der Waals surface area contributed by atoms with Crippen molar-refractivity contribution in [1.82, 2.24) is 5.32 Å². The maximum Gasteiger partial charge on any atom is 0.258 e. The van der Waals surface area contributed by atoms with E-state index in [2.05, 4.69) is 5.32 Å². The molecule has 0 unspecified atom stereocenters. The van der Waals surface area contributed by atoms with E-state index in [1.807, 2.05) is 61.5 Å². The molecule has 3 rings (SSSR count). The second-order valence-corrected chi connectivity index (χ2v) is 5.37. The summed E-state index contributed by atoms with van der Waals surface area (Å²) in [6, 6.07) is 16.6. The summed E-state index contributed by atoms with van der Waals surface area (Å²) in [4.78, 5) is 12.0. The number of carbonyl (C=O) groups is 1. The van der Waals surface area contributed by atoms with Crippen molar-refractivity contribution in [3.05, 3.63) is 54.6 Å². The molecule has 2 aromatic carbocycles. The minimum atomic E-state index is -0.231. The first-order valence-corrected chi connectivity index (χ1v) is 7.58. The highest BCUT2D eigenvalue weighted by molar-refractivity contribution is 5.77. The van der Waals surface area contributed by atoms with Crippen molar-refractivity contribution in [1.29, 1.82) is 0 Å². The van der Waals surface area contributed by atoms with Gasteiger partial charge in [0.2, 0.25) is 0 Å². The van der Waals surface area contributed by atoms with E-state index in [0.717, 1.165) is 5.75 Å². The van der Waals surface area contributed by atoms with Crippen LogP contribution in [0.3, 0.4) is 0 Å². The van der Waals surface area contributed by atoms with Crippen LogP contribution >= 0.6 is 0 Å². The lowest BCUT2D eigenvalue weighted by molar-refractivity contribution is -0.124. The van der Waals surface area contributed by atoms with Gasteiger partial charge in [-0.2, -0.15) is 0 Å². The van der Waals surface area contributed by atoms with Crippen molar-refractivity contribution in [2.24, 2.45) is 0 Å². The Morgan fingerprint density at radius 2 is 1.87 bits per heavy atom. The van der Waals surface area contributed by atoms with Crippen LogP contribution in [0.4, 0.5) is 0 Å². The van der Waals surface area contributed by atoms with Crippen molar-refractivity contribution in [3.63, 3.8) is 0 Å². The maximum atomic E-state index is 12.0. The molecule has 0 saturated carbocycles. The number of amides is 1. The minimum Gasteiger partial charge on any atom is -0.486 e. The summed E-state index contributed by atoms with van der Waals surface area (Å²) in [7, 11) is 0. The predicted octanol–water partition coefficient (Wildman–Crippen LogP) is 2.41. The molecule has 1 amide bonds. The van der Waals surface area contributed by atoms with Crippen LogP contribution < -0.4 is 19.5 Å². The van der Waals surface area contributed by atoms with Crippen LogP contribution in [0.1, 0.15) is 6.92 Å². The fraction of sp³-hybridized carbons (Fsp3) is 0.278. The van der Waals surface area contributed by atoms with E-state index in [0.29, 0.717) is 18.1 Å². The van der Waals surface area contributed by atoms with Crippen molar-refractivity contribution in [2.45, 2.75) is 19.1 Å². The molecule has 0 aliphatic carbocycles. The number of hydrogen-bond acceptors (Lipinski definition) is 4. The van der Waals surface area contributed by atoms with Crippen molar-refractivity contribution in [3.8, 4) is 17.2 Å². The SMILES string of the molecule is C[C@@H](NC(=O)COc1ccccc1)[C@H]1COc2ccccc2O1. The fourth-order valence-electron chi connectivity index (χ4n) is 2.34. The molecule has 2 atom stereocenters. The van der Waals surface area contributed by atoms with Crippen LogP contribution in [0.5, 0.6) is 17.2 Å². The largest absolute Gasteiger partial charge is 0.486 e. The zero-order chi connectivity index (χ0) is 16.1. The zero-order valence-electron chi connectivity index (χ0n) is 12.9. The molecule has 2 aromatic rings. The summed E-state index contributed by atoms with van der Waals surface area (Å²) >= 11 is 0. The molecular formula is C18H19NO4. The maximum absolute atomic E-state index is 12.0. The Morgan fingerprint density at radius 1 is 1.17 bits per heavy atom. The molecular weight excluding hydrogens is 294 g/mol. The summed E-state index contributed by atoms with van der Waals surface area (Å²) in [5.41, 5.74) is 0. The Balaban J connectivity index is 1.49. The molecule has 0 spiro atoms. The second-order valence-electron chi connectivity index (χ2n) is 5.37. The van der Waals surface area contributed by atoms with E-state index in [-0.39, 0.29) is 24.7 Å². The van der Waals surface area contributed by atoms with Gasteiger partial charge >= 0.3 is 0 Å². The van der Waals surface area contributed by atoms with Gasteiger partial charge in [-0.05, 0) is 31.2 Å². The van der Waals surface area contributed by atoms with Gasteiger partial charge in [-0.1, -0.05) is 30.3 Å². The van der Waals surface area contributed by atoms with Crippen LogP contribution in [0.2, 0.25) is 0 Å². The van der Waals surface area contributed by atoms with Gasteiger partial charge in [-0.15, -0.1) is 0 Å². The molecule has 5 nitrogen and oxygen atoms in total. The third-order valence-corrected chi connectivity index (χ3v) is 3.59. The lowest BCUT2D eigenvalue weighted by Gasteiger charge is -2.30. The number of rotatable bonds is 5. The normalized spacial score (nSPS) is 17.2. The van der Waals surface area contributed by atoms with Crippen LogP contribution in [-0.4, -0.2) is 31.3 Å². The average Bonchev–Trinajstić information content (AvgIpc) is 2.60. The van der Waals surface area contributed by atoms with Crippen LogP contribution in [0.25, 0.3) is 0 Å². The molecule has 0 bridgehead atoms. The molecule has 0 fully saturated rings. The first kappa shape index (κ1) is 15.2. The van der Waals surface area contributed by atoms with Gasteiger partial charge in [0, 0.05) is 0 Å². The Morgan fingerprint density at radius 3 is 2.65 bits per heavy atom. The van der Waals surface area contributed by atoms with Crippen LogP contribution in [0.15, 0.2) is 54.6 Å². The van der Waals surface area contributed by atoms with Crippen LogP contribution in [0, 0.1) is 0 Å². The van der Waals surface area contributed by atoms with Crippen LogP contribution in [-0.2, 0) is 4.79 Å². The number of benzene rings is 2. The summed E-state index contributed by atoms with van der Waals surface area (Å²) in [5, 5.41) is 2.88. The van der Waals surface area contributed by atoms with Gasteiger partial charge in [0.1, 0.15) is 12.4 Å². The quantitative estimate of drug-likeness (QED) is 0.921. The number of nitrogens with one attached hydrogen (secondary N) is 1. The molecule has 0 radical (unpaired) electrons. The highest BCUT2D eigenvalue weighted by Crippen LogP contribution is 2.31. The Labute approximate surface area is 135 Å². The van der Waals surface area contributed by atoms with Crippen molar-refractivity contribution < 1.29 is 19.0 Å². The first-order chi connectivity index (χ1) is 11.2. The molecule has 1 heterocycles. The number of carbonyl (C=O) groups excluding carboxylic acids is 1. The van der Waals surface area contributed by atoms with Crippen molar-refractivity contribution in [2.75, 3.05) is 13.2 Å². The van der Waals surface area contributed by atoms with Gasteiger partial charge < -0.3 is 19.5 Å². The van der Waals surface area contributed by atoms with E-state index in [1.54, 1.807) is 0 Å². The molecule has 0 aromatic heterocycles. The third kappa shape index (κ3) is 3.94. The highest BCUT2D eigenvalue weighted by Gasteiger charge is 2.27. The summed E-state index contributed by atoms with van der Waals surface area (Å²) in [6.45, 7) is 2.26. The van der Waals surface area contributed by atoms with E-state index >= 15 is 0 Å². The minimum absolute atomic E-state index is 0.0292. The van der Waals surface area contributed by atoms with Gasteiger partial charge in [0.15, 0.2) is 24.2 Å². The number of para-hydroxylation sites is 3. The van der Waals surface area contributed by atoms with E-state index in [1.165, 1.54) is 0 Å². The van der Waals surface area contributed by atoms with Crippen molar-refractivity contribution >= 4 is 5.91 Å². The highest BCUT2D eigenvalue weighted by atomic mass is 16.6. The summed E-state index contributed by atoms with van der Waals surface area (Å²) < 4.78 is 17.0. The number of ether oxygens (including phenoxy) is 3. The summed E-state index contributed by atoms with van der Waals surface area (Å²) in [6.07, 6.45) is -0.231. The molecule has 1 aliphatic heterocycles. The topological polar surface area (TPSA) is 56.8 Å². The Kier molecular flexibility index (Phi) is 4.66. The zero-order valence-corrected chi connectivity index (χ0v) is 12.9. The molecule has 5 heteroatoms. The molecule has 1 N–H and O–H groups in total. The number of hydrogen-bond donors (Lipinski definition) is 1. The summed E-state index contributed by atoms with van der Waals surface area (Å²) in [5.74, 6) is 1.91. The molecule has 23 heavy (non-hydrogen) atoms. The molecule has 1 aliphatic rings. The predicted molar refractivity (Wildman–Crippen MR) is 85.9 cm³/mol. The standard InChI is InChI=1S/C18H19NO4/c1-13(17-11-22-15-9-5-6-10-16(15)23-17)19-18(20)12-21-14-7-3-2-4-8-14/h2-10,13,17H,11-12H2,1H3,(H,19,20)/t13-,17-/m1/s1. The first-order valence-electron chi connectivity index (χ1n) is 7.58. The van der Waals surface area contributed by atoms with Gasteiger partial charge in [-0.3, -0.25) is 4.79 Å². The molecule has 0 saturated heterocycles. The Hall–Kier alpha value is -2.69. The second kappa shape index (κ2) is 7.05. The van der Waals surface area contributed by atoms with E-state index < -0.39 is 0 Å². The third-order valence-electron chi connectivity index (χ3n) is 3.59. The van der Waals surface area contributed by atoms with E-state index in [4.69, 9.17) is 14.2 Å². The van der Waals surface area contributed by atoms with Gasteiger partial charge in [0.25, 0.3) is 5.91 Å². The average molecular weight is 313 g/mol. The monoisotopic (exact) mass is 313 g/mol. The van der Waals surface area contributed by atoms with Gasteiger partial charge in [0.05, 0.1) is 6.04 Å². The lowest BCUT2D eigenvalue weighted by Crippen LogP contribution is -2.49. The fourth-order valence-corrected chi connectivity index (χ4v) is 2.34.